The Hall–Kier alpha value is -0.0800. The average molecular weight is 224 g/mol. The van der Waals surface area contributed by atoms with Gasteiger partial charge in [-0.05, 0) is 51.7 Å². The van der Waals surface area contributed by atoms with Gasteiger partial charge in [-0.3, -0.25) is 0 Å². The first-order chi connectivity index (χ1) is 7.90. The molecule has 94 valence electrons. The maximum atomic E-state index is 3.61. The van der Waals surface area contributed by atoms with E-state index in [1.165, 1.54) is 71.0 Å². The van der Waals surface area contributed by atoms with Crippen LogP contribution in [0.25, 0.3) is 0 Å². The lowest BCUT2D eigenvalue weighted by Gasteiger charge is -2.34. The van der Waals surface area contributed by atoms with E-state index in [2.05, 4.69) is 17.1 Å². The highest BCUT2D eigenvalue weighted by Gasteiger charge is 2.21. The quantitative estimate of drug-likeness (QED) is 0.772. The van der Waals surface area contributed by atoms with E-state index in [1.54, 1.807) is 0 Å². The van der Waals surface area contributed by atoms with Crippen LogP contribution in [0.2, 0.25) is 0 Å². The average Bonchev–Trinajstić information content (AvgIpc) is 2.84. The Morgan fingerprint density at radius 1 is 1.06 bits per heavy atom. The van der Waals surface area contributed by atoms with Crippen molar-refractivity contribution in [3.05, 3.63) is 0 Å². The van der Waals surface area contributed by atoms with Crippen LogP contribution in [-0.2, 0) is 0 Å². The fraction of sp³-hybridized carbons (Fsp3) is 1.00. The Bertz CT molecular complexity index is 181. The summed E-state index contributed by atoms with van der Waals surface area (Å²) in [5.41, 5.74) is 0. The molecule has 0 spiro atoms. The summed E-state index contributed by atoms with van der Waals surface area (Å²) >= 11 is 0. The monoisotopic (exact) mass is 224 g/mol. The van der Waals surface area contributed by atoms with Crippen LogP contribution < -0.4 is 5.32 Å². The third-order valence-electron chi connectivity index (χ3n) is 4.42. The topological polar surface area (TPSA) is 15.3 Å². The number of nitrogens with zero attached hydrogens (tertiary/aromatic N) is 1. The molecule has 2 aliphatic rings. The van der Waals surface area contributed by atoms with Gasteiger partial charge in [-0.1, -0.05) is 26.2 Å². The van der Waals surface area contributed by atoms with Gasteiger partial charge < -0.3 is 10.2 Å². The second-order valence-electron chi connectivity index (χ2n) is 5.50. The summed E-state index contributed by atoms with van der Waals surface area (Å²) in [6.45, 7) is 6.15. The van der Waals surface area contributed by atoms with E-state index in [0.717, 1.165) is 12.1 Å². The van der Waals surface area contributed by atoms with Gasteiger partial charge in [-0.25, -0.2) is 0 Å². The highest BCUT2D eigenvalue weighted by molar-refractivity contribution is 4.79. The van der Waals surface area contributed by atoms with Crippen molar-refractivity contribution in [2.75, 3.05) is 19.6 Å². The van der Waals surface area contributed by atoms with E-state index < -0.39 is 0 Å². The van der Waals surface area contributed by atoms with Gasteiger partial charge in [0.1, 0.15) is 0 Å². The molecule has 1 saturated carbocycles. The van der Waals surface area contributed by atoms with Gasteiger partial charge in [-0.15, -0.1) is 0 Å². The van der Waals surface area contributed by atoms with Crippen LogP contribution in [0.15, 0.2) is 0 Å². The minimum absolute atomic E-state index is 0.817. The summed E-state index contributed by atoms with van der Waals surface area (Å²) in [5, 5.41) is 3.61. The van der Waals surface area contributed by atoms with Crippen LogP contribution in [0.1, 0.15) is 58.3 Å². The lowest BCUT2D eigenvalue weighted by Crippen LogP contribution is -2.39. The maximum Gasteiger partial charge on any atom is 0.00951 e. The van der Waals surface area contributed by atoms with Crippen LogP contribution in [0.5, 0.6) is 0 Å². The molecule has 0 bridgehead atoms. The van der Waals surface area contributed by atoms with Crippen LogP contribution >= 0.6 is 0 Å². The van der Waals surface area contributed by atoms with Gasteiger partial charge in [0.2, 0.25) is 0 Å². The van der Waals surface area contributed by atoms with E-state index >= 15 is 0 Å². The molecular weight excluding hydrogens is 196 g/mol. The Morgan fingerprint density at radius 2 is 1.88 bits per heavy atom. The first-order valence-corrected chi connectivity index (χ1v) is 7.37. The summed E-state index contributed by atoms with van der Waals surface area (Å²) in [7, 11) is 0. The summed E-state index contributed by atoms with van der Waals surface area (Å²) in [6.07, 6.45) is 11.5. The van der Waals surface area contributed by atoms with Crippen LogP contribution in [0, 0.1) is 0 Å². The van der Waals surface area contributed by atoms with E-state index in [9.17, 15) is 0 Å². The lowest BCUT2D eigenvalue weighted by molar-refractivity contribution is 0.157. The number of hydrogen-bond donors (Lipinski definition) is 1. The maximum absolute atomic E-state index is 3.61. The molecule has 1 aliphatic heterocycles. The first-order valence-electron chi connectivity index (χ1n) is 7.37. The Morgan fingerprint density at radius 3 is 2.50 bits per heavy atom. The van der Waals surface area contributed by atoms with Crippen molar-refractivity contribution >= 4 is 0 Å². The van der Waals surface area contributed by atoms with Gasteiger partial charge in [-0.2, -0.15) is 0 Å². The fourth-order valence-electron chi connectivity index (χ4n) is 3.37. The third-order valence-corrected chi connectivity index (χ3v) is 4.42. The second-order valence-corrected chi connectivity index (χ2v) is 5.50. The molecule has 1 unspecified atom stereocenters. The summed E-state index contributed by atoms with van der Waals surface area (Å²) < 4.78 is 0. The second kappa shape index (κ2) is 6.61. The van der Waals surface area contributed by atoms with Crippen molar-refractivity contribution in [2.45, 2.75) is 70.4 Å². The molecule has 0 aromatic heterocycles. The summed E-state index contributed by atoms with van der Waals surface area (Å²) in [6, 6.07) is 1.72. The van der Waals surface area contributed by atoms with E-state index in [-0.39, 0.29) is 0 Å². The van der Waals surface area contributed by atoms with Crippen molar-refractivity contribution in [2.24, 2.45) is 0 Å². The molecule has 2 nitrogen and oxygen atoms in total. The van der Waals surface area contributed by atoms with Crippen LogP contribution in [-0.4, -0.2) is 36.6 Å². The molecule has 2 fully saturated rings. The largest absolute Gasteiger partial charge is 0.314 e. The lowest BCUT2D eigenvalue weighted by atomic mass is 9.94. The molecule has 1 N–H and O–H groups in total. The standard InChI is InChI=1S/C14H28N2/c1-2-16(14-8-4-3-5-9-14)12-10-13-7-6-11-15-13/h13-15H,2-12H2,1H3. The van der Waals surface area contributed by atoms with Crippen molar-refractivity contribution in [3.8, 4) is 0 Å². The van der Waals surface area contributed by atoms with E-state index in [1.807, 2.05) is 0 Å². The number of rotatable bonds is 5. The number of hydrogen-bond acceptors (Lipinski definition) is 2. The van der Waals surface area contributed by atoms with Gasteiger partial charge in [0.25, 0.3) is 0 Å². The highest BCUT2D eigenvalue weighted by atomic mass is 15.1. The zero-order chi connectivity index (χ0) is 11.2. The molecule has 16 heavy (non-hydrogen) atoms. The molecular formula is C14H28N2. The van der Waals surface area contributed by atoms with Gasteiger partial charge in [0, 0.05) is 12.1 Å². The van der Waals surface area contributed by atoms with Crippen molar-refractivity contribution in [1.82, 2.24) is 10.2 Å². The Kier molecular flexibility index (Phi) is 5.11. The molecule has 2 heteroatoms. The minimum atomic E-state index is 0.817. The molecule has 1 atom stereocenters. The van der Waals surface area contributed by atoms with E-state index in [0.29, 0.717) is 0 Å². The highest BCUT2D eigenvalue weighted by Crippen LogP contribution is 2.23. The SMILES string of the molecule is CCN(CCC1CCCN1)C1CCCCC1. The molecule has 2 rings (SSSR count). The Balaban J connectivity index is 1.70. The summed E-state index contributed by atoms with van der Waals surface area (Å²) in [4.78, 5) is 2.74. The van der Waals surface area contributed by atoms with E-state index in [4.69, 9.17) is 0 Å². The fourth-order valence-corrected chi connectivity index (χ4v) is 3.37. The molecule has 1 aliphatic carbocycles. The van der Waals surface area contributed by atoms with Crippen LogP contribution in [0.4, 0.5) is 0 Å². The third kappa shape index (κ3) is 3.46. The predicted molar refractivity (Wildman–Crippen MR) is 69.8 cm³/mol. The molecule has 1 heterocycles. The molecule has 0 aromatic rings. The van der Waals surface area contributed by atoms with Gasteiger partial charge in [0.15, 0.2) is 0 Å². The zero-order valence-corrected chi connectivity index (χ0v) is 10.9. The van der Waals surface area contributed by atoms with Crippen LogP contribution in [0.3, 0.4) is 0 Å². The summed E-state index contributed by atoms with van der Waals surface area (Å²) in [5.74, 6) is 0. The zero-order valence-electron chi connectivity index (χ0n) is 10.9. The molecule has 0 radical (unpaired) electrons. The van der Waals surface area contributed by atoms with Gasteiger partial charge in [0.05, 0.1) is 0 Å². The smallest absolute Gasteiger partial charge is 0.00951 e. The minimum Gasteiger partial charge on any atom is -0.314 e. The number of nitrogens with one attached hydrogen (secondary N) is 1. The van der Waals surface area contributed by atoms with Crippen molar-refractivity contribution in [3.63, 3.8) is 0 Å². The van der Waals surface area contributed by atoms with Crippen molar-refractivity contribution in [1.29, 1.82) is 0 Å². The van der Waals surface area contributed by atoms with Crippen molar-refractivity contribution < 1.29 is 0 Å². The molecule has 1 saturated heterocycles. The molecule has 0 aromatic carbocycles. The first kappa shape index (κ1) is 12.4. The normalized spacial score (nSPS) is 27.8. The Labute approximate surface area is 101 Å². The predicted octanol–water partition coefficient (Wildman–Crippen LogP) is 2.78. The van der Waals surface area contributed by atoms with Gasteiger partial charge >= 0.3 is 0 Å². The molecule has 0 amide bonds.